The maximum atomic E-state index is 12.5. The summed E-state index contributed by atoms with van der Waals surface area (Å²) in [4.78, 5) is 17.2. The van der Waals surface area contributed by atoms with Gasteiger partial charge in [-0.3, -0.25) is 4.79 Å². The van der Waals surface area contributed by atoms with E-state index >= 15 is 0 Å². The highest BCUT2D eigenvalue weighted by Gasteiger charge is 2.43. The van der Waals surface area contributed by atoms with E-state index in [2.05, 4.69) is 14.7 Å². The first-order chi connectivity index (χ1) is 11.2. The van der Waals surface area contributed by atoms with E-state index in [0.717, 1.165) is 0 Å². The van der Waals surface area contributed by atoms with Crippen LogP contribution in [0, 0.1) is 5.41 Å². The Morgan fingerprint density at radius 3 is 2.33 bits per heavy atom. The number of hydrogen-bond donors (Lipinski definition) is 0. The van der Waals surface area contributed by atoms with Crippen molar-refractivity contribution in [3.8, 4) is 11.4 Å². The average Bonchev–Trinajstić information content (AvgIpc) is 3.01. The van der Waals surface area contributed by atoms with E-state index in [0.29, 0.717) is 24.5 Å². The largest absolute Gasteiger partial charge is 0.471 e. The van der Waals surface area contributed by atoms with Gasteiger partial charge < -0.3 is 14.2 Å². The summed E-state index contributed by atoms with van der Waals surface area (Å²) in [5.41, 5.74) is 0.427. The SMILES string of the molecule is CN(C(=O)C1(C)COC1)c1ccc(-c2noc(C(F)(F)F)n2)cc1. The van der Waals surface area contributed by atoms with Gasteiger partial charge in [0.15, 0.2) is 0 Å². The van der Waals surface area contributed by atoms with Crippen LogP contribution in [0.3, 0.4) is 0 Å². The molecule has 0 N–H and O–H groups in total. The molecule has 2 aromatic rings. The summed E-state index contributed by atoms with van der Waals surface area (Å²) < 4.78 is 46.7. The number of halogens is 3. The van der Waals surface area contributed by atoms with Crippen LogP contribution in [-0.2, 0) is 15.7 Å². The highest BCUT2D eigenvalue weighted by atomic mass is 19.4. The molecule has 0 spiro atoms. The molecule has 24 heavy (non-hydrogen) atoms. The van der Waals surface area contributed by atoms with Gasteiger partial charge in [0, 0.05) is 18.3 Å². The molecule has 1 aliphatic heterocycles. The maximum Gasteiger partial charge on any atom is 0.471 e. The normalized spacial score (nSPS) is 16.5. The lowest BCUT2D eigenvalue weighted by Crippen LogP contribution is -2.52. The van der Waals surface area contributed by atoms with Gasteiger partial charge >= 0.3 is 12.1 Å². The number of anilines is 1. The summed E-state index contributed by atoms with van der Waals surface area (Å²) >= 11 is 0. The average molecular weight is 341 g/mol. The van der Waals surface area contributed by atoms with Crippen molar-refractivity contribution in [2.24, 2.45) is 5.41 Å². The molecular weight excluding hydrogens is 327 g/mol. The standard InChI is InChI=1S/C15H14F3N3O3/c1-14(7-23-8-14)13(22)21(2)10-5-3-9(4-6-10)11-19-12(24-20-11)15(16,17)18/h3-6H,7-8H2,1-2H3. The van der Waals surface area contributed by atoms with Crippen LogP contribution in [0.4, 0.5) is 18.9 Å². The molecule has 0 atom stereocenters. The molecule has 1 fully saturated rings. The van der Waals surface area contributed by atoms with Crippen LogP contribution in [0.25, 0.3) is 11.4 Å². The molecule has 1 aromatic carbocycles. The van der Waals surface area contributed by atoms with Gasteiger partial charge in [-0.05, 0) is 31.2 Å². The number of aromatic nitrogens is 2. The van der Waals surface area contributed by atoms with E-state index in [1.54, 1.807) is 19.2 Å². The molecule has 6 nitrogen and oxygen atoms in total. The van der Waals surface area contributed by atoms with Crippen LogP contribution in [0.5, 0.6) is 0 Å². The van der Waals surface area contributed by atoms with Crippen molar-refractivity contribution in [3.63, 3.8) is 0 Å². The van der Waals surface area contributed by atoms with E-state index in [1.807, 2.05) is 6.92 Å². The lowest BCUT2D eigenvalue weighted by atomic mass is 9.87. The van der Waals surface area contributed by atoms with Gasteiger partial charge in [-0.25, -0.2) is 0 Å². The predicted molar refractivity (Wildman–Crippen MR) is 77.1 cm³/mol. The van der Waals surface area contributed by atoms with Gasteiger partial charge in [0.1, 0.15) is 0 Å². The Morgan fingerprint density at radius 2 is 1.88 bits per heavy atom. The number of nitrogens with zero attached hydrogens (tertiary/aromatic N) is 3. The molecule has 3 rings (SSSR count). The summed E-state index contributed by atoms with van der Waals surface area (Å²) in [7, 11) is 1.64. The zero-order valence-corrected chi connectivity index (χ0v) is 12.9. The summed E-state index contributed by atoms with van der Waals surface area (Å²) in [5.74, 6) is -1.64. The molecule has 1 amide bonds. The molecule has 0 saturated carbocycles. The number of carbonyl (C=O) groups is 1. The smallest absolute Gasteiger partial charge is 0.379 e. The fourth-order valence-electron chi connectivity index (χ4n) is 2.34. The second-order valence-electron chi connectivity index (χ2n) is 5.89. The van der Waals surface area contributed by atoms with Crippen LogP contribution < -0.4 is 4.90 Å². The lowest BCUT2D eigenvalue weighted by Gasteiger charge is -2.39. The number of alkyl halides is 3. The highest BCUT2D eigenvalue weighted by Crippen LogP contribution is 2.32. The van der Waals surface area contributed by atoms with Crippen LogP contribution in [-0.4, -0.2) is 36.3 Å². The summed E-state index contributed by atoms with van der Waals surface area (Å²) in [6.07, 6.45) is -4.68. The van der Waals surface area contributed by atoms with Crippen molar-refractivity contribution >= 4 is 11.6 Å². The molecular formula is C15H14F3N3O3. The fourth-order valence-corrected chi connectivity index (χ4v) is 2.34. The number of hydrogen-bond acceptors (Lipinski definition) is 5. The highest BCUT2D eigenvalue weighted by molar-refractivity contribution is 5.97. The van der Waals surface area contributed by atoms with Gasteiger partial charge in [0.05, 0.1) is 18.6 Å². The monoisotopic (exact) mass is 341 g/mol. The minimum Gasteiger partial charge on any atom is -0.379 e. The Hall–Kier alpha value is -2.42. The summed E-state index contributed by atoms with van der Waals surface area (Å²) in [5, 5.41) is 3.32. The Kier molecular flexibility index (Phi) is 3.83. The topological polar surface area (TPSA) is 68.5 Å². The van der Waals surface area contributed by atoms with E-state index in [1.165, 1.54) is 17.0 Å². The molecule has 0 unspecified atom stereocenters. The second-order valence-corrected chi connectivity index (χ2v) is 5.89. The molecule has 0 bridgehead atoms. The fraction of sp³-hybridized carbons (Fsp3) is 0.400. The molecule has 2 heterocycles. The first-order valence-electron chi connectivity index (χ1n) is 7.08. The molecule has 9 heteroatoms. The van der Waals surface area contributed by atoms with Crippen molar-refractivity contribution in [1.29, 1.82) is 0 Å². The number of ether oxygens (including phenoxy) is 1. The summed E-state index contributed by atoms with van der Waals surface area (Å²) in [6.45, 7) is 2.57. The van der Waals surface area contributed by atoms with Crippen LogP contribution in [0.15, 0.2) is 28.8 Å². The molecule has 1 aliphatic rings. The molecule has 128 valence electrons. The first kappa shape index (κ1) is 16.4. The van der Waals surface area contributed by atoms with E-state index in [-0.39, 0.29) is 11.7 Å². The zero-order chi connectivity index (χ0) is 17.5. The van der Waals surface area contributed by atoms with Crippen molar-refractivity contribution in [1.82, 2.24) is 10.1 Å². The van der Waals surface area contributed by atoms with Gasteiger partial charge in [-0.2, -0.15) is 18.2 Å². The third-order valence-corrected chi connectivity index (χ3v) is 3.84. The maximum absolute atomic E-state index is 12.5. The van der Waals surface area contributed by atoms with Crippen molar-refractivity contribution in [2.75, 3.05) is 25.2 Å². The first-order valence-corrected chi connectivity index (χ1v) is 7.08. The number of carbonyl (C=O) groups excluding carboxylic acids is 1. The quantitative estimate of drug-likeness (QED) is 0.859. The van der Waals surface area contributed by atoms with Gasteiger partial charge in [-0.15, -0.1) is 0 Å². The lowest BCUT2D eigenvalue weighted by molar-refractivity contribution is -0.159. The van der Waals surface area contributed by atoms with E-state index < -0.39 is 17.5 Å². The second kappa shape index (κ2) is 5.59. The summed E-state index contributed by atoms with van der Waals surface area (Å²) in [6, 6.07) is 6.28. The molecule has 0 aliphatic carbocycles. The Bertz CT molecular complexity index is 751. The van der Waals surface area contributed by atoms with Crippen molar-refractivity contribution in [2.45, 2.75) is 13.1 Å². The number of rotatable bonds is 3. The third kappa shape index (κ3) is 2.86. The minimum absolute atomic E-state index is 0.0829. The Morgan fingerprint density at radius 1 is 1.25 bits per heavy atom. The zero-order valence-electron chi connectivity index (χ0n) is 12.9. The Balaban J connectivity index is 1.78. The van der Waals surface area contributed by atoms with Crippen LogP contribution in [0.1, 0.15) is 12.8 Å². The third-order valence-electron chi connectivity index (χ3n) is 3.84. The van der Waals surface area contributed by atoms with Crippen LogP contribution >= 0.6 is 0 Å². The van der Waals surface area contributed by atoms with E-state index in [9.17, 15) is 18.0 Å². The van der Waals surface area contributed by atoms with Crippen molar-refractivity contribution in [3.05, 3.63) is 30.2 Å². The molecule has 0 radical (unpaired) electrons. The number of benzene rings is 1. The molecule has 1 saturated heterocycles. The van der Waals surface area contributed by atoms with Crippen molar-refractivity contribution < 1.29 is 27.2 Å². The van der Waals surface area contributed by atoms with Gasteiger partial charge in [-0.1, -0.05) is 5.16 Å². The predicted octanol–water partition coefficient (Wildman–Crippen LogP) is 2.75. The number of amides is 1. The van der Waals surface area contributed by atoms with Crippen LogP contribution in [0.2, 0.25) is 0 Å². The molecule has 1 aromatic heterocycles. The minimum atomic E-state index is -4.68. The Labute approximate surface area is 135 Å². The van der Waals surface area contributed by atoms with Gasteiger partial charge in [0.25, 0.3) is 0 Å². The van der Waals surface area contributed by atoms with E-state index in [4.69, 9.17) is 4.74 Å². The van der Waals surface area contributed by atoms with Gasteiger partial charge in [0.2, 0.25) is 11.7 Å².